The van der Waals surface area contributed by atoms with E-state index in [1.54, 1.807) is 12.1 Å². The molecule has 3 aromatic heterocycles. The van der Waals surface area contributed by atoms with Gasteiger partial charge in [0.25, 0.3) is 0 Å². The molecule has 0 saturated carbocycles. The van der Waals surface area contributed by atoms with Crippen LogP contribution in [-0.4, -0.2) is 27.8 Å². The van der Waals surface area contributed by atoms with Crippen LogP contribution >= 0.6 is 0 Å². The number of para-hydroxylation sites is 3. The van der Waals surface area contributed by atoms with Crippen molar-refractivity contribution in [1.29, 1.82) is 0 Å². The number of nitrogens with zero attached hydrogens (tertiary/aromatic N) is 3. The largest absolute Gasteiger partial charge is 0 e. The van der Waals surface area contributed by atoms with Crippen LogP contribution in [-0.2, 0) is 20.1 Å². The van der Waals surface area contributed by atoms with E-state index >= 15 is 0 Å². The third kappa shape index (κ3) is 8.14. The van der Waals surface area contributed by atoms with Gasteiger partial charge in [-0.2, -0.15) is 0 Å². The first kappa shape index (κ1) is 37.2. The molecular formula is C52H49GeIrN3O-2. The molecule has 58 heavy (non-hydrogen) atoms. The van der Waals surface area contributed by atoms with Crippen molar-refractivity contribution in [2.45, 2.75) is 63.7 Å². The summed E-state index contributed by atoms with van der Waals surface area (Å²) in [4.78, 5) is 9.72. The van der Waals surface area contributed by atoms with Crippen molar-refractivity contribution in [3.8, 4) is 39.5 Å². The van der Waals surface area contributed by atoms with E-state index in [0.29, 0.717) is 17.4 Å². The molecule has 0 atom stereocenters. The average molecular weight is 1000 g/mol. The second-order valence-electron chi connectivity index (χ2n) is 16.3. The van der Waals surface area contributed by atoms with Crippen molar-refractivity contribution >= 4 is 50.6 Å². The standard InChI is InChI=1S/C37H31N2O.C15H18GeN.Ir/c1-23(2)30-21-26(25-13-6-5-7-14-25)22-31(24(3)4)35(30)39-33-19-10-9-18-32(33)38-37(39)29-17-12-16-28-27-15-8-11-20-34(27)40-36(28)29;1-12-5-7-13(8-6-12)15-10-9-14(11-17-15)16(2,3)4;/h5-16,18-24H,1-4H3;5-7,9-11H,1-4H3;/q2*-1;/i;1D3;. The quantitative estimate of drug-likeness (QED) is 0.118. The molecule has 0 unspecified atom stereocenters. The molecule has 1 radical (unpaired) electrons. The minimum Gasteiger partial charge on any atom is 0 e. The van der Waals surface area contributed by atoms with Crippen molar-refractivity contribution < 1.29 is 28.6 Å². The molecule has 293 valence electrons. The zero-order valence-electron chi connectivity index (χ0n) is 37.0. The van der Waals surface area contributed by atoms with E-state index in [1.165, 1.54) is 38.4 Å². The molecule has 0 N–H and O–H groups in total. The molecule has 0 aliphatic carbocycles. The van der Waals surface area contributed by atoms with Gasteiger partial charge in [-0.15, -0.1) is 18.2 Å². The van der Waals surface area contributed by atoms with Crippen LogP contribution < -0.4 is 4.40 Å². The van der Waals surface area contributed by atoms with E-state index < -0.39 is 20.1 Å². The van der Waals surface area contributed by atoms with Crippen molar-refractivity contribution in [2.75, 3.05) is 0 Å². The fourth-order valence-electron chi connectivity index (χ4n) is 7.47. The van der Waals surface area contributed by atoms with Crippen LogP contribution in [0.3, 0.4) is 0 Å². The van der Waals surface area contributed by atoms with E-state index in [4.69, 9.17) is 13.5 Å². The van der Waals surface area contributed by atoms with Crippen LogP contribution in [0.4, 0.5) is 0 Å². The maximum Gasteiger partial charge on any atom is 0 e. The fourth-order valence-corrected chi connectivity index (χ4v) is 9.65. The van der Waals surface area contributed by atoms with Gasteiger partial charge in [0.15, 0.2) is 0 Å². The van der Waals surface area contributed by atoms with Gasteiger partial charge in [0, 0.05) is 31.2 Å². The van der Waals surface area contributed by atoms with E-state index in [9.17, 15) is 0 Å². The number of imidazole rings is 1. The number of pyridine rings is 1. The van der Waals surface area contributed by atoms with Gasteiger partial charge in [0.2, 0.25) is 0 Å². The van der Waals surface area contributed by atoms with E-state index in [-0.39, 0.29) is 20.1 Å². The van der Waals surface area contributed by atoms with Crippen LogP contribution in [0.25, 0.3) is 72.4 Å². The Labute approximate surface area is 363 Å². The number of aromatic nitrogens is 3. The van der Waals surface area contributed by atoms with Gasteiger partial charge >= 0.3 is 110 Å². The summed E-state index contributed by atoms with van der Waals surface area (Å²) in [5.74, 6) is 8.44. The second-order valence-corrected chi connectivity index (χ2v) is 27.0. The minimum absolute atomic E-state index is 0. The number of hydrogen-bond acceptors (Lipinski definition) is 3. The summed E-state index contributed by atoms with van der Waals surface area (Å²) in [7, 11) is 0. The average Bonchev–Trinajstić information content (AvgIpc) is 3.82. The monoisotopic (exact) mass is 1000 g/mol. The maximum atomic E-state index is 7.35. The summed E-state index contributed by atoms with van der Waals surface area (Å²) in [5, 5.41) is 2.18. The van der Waals surface area contributed by atoms with Gasteiger partial charge in [-0.3, -0.25) is 4.98 Å². The summed E-state index contributed by atoms with van der Waals surface area (Å²) < 4.78 is 32.2. The molecule has 0 bridgehead atoms. The Hall–Kier alpha value is -5.07. The zero-order chi connectivity index (χ0) is 42.3. The summed E-state index contributed by atoms with van der Waals surface area (Å²) in [6, 6.07) is 51.7. The zero-order valence-corrected chi connectivity index (χ0v) is 38.5. The van der Waals surface area contributed by atoms with Gasteiger partial charge in [-0.25, -0.2) is 0 Å². The summed E-state index contributed by atoms with van der Waals surface area (Å²) >= 11 is -1.83. The first-order valence-electron chi connectivity index (χ1n) is 21.2. The number of rotatable bonds is 7. The molecule has 0 fully saturated rings. The molecule has 6 aromatic carbocycles. The molecule has 0 spiro atoms. The van der Waals surface area contributed by atoms with Crippen molar-refractivity contribution in [3.63, 3.8) is 0 Å². The molecule has 0 amide bonds. The summed E-state index contributed by atoms with van der Waals surface area (Å²) in [6.45, 7) is 7.04. The van der Waals surface area contributed by atoms with E-state index in [2.05, 4.69) is 158 Å². The molecule has 3 heterocycles. The molecule has 0 aliphatic heterocycles. The molecule has 6 heteroatoms. The third-order valence-electron chi connectivity index (χ3n) is 10.6. The van der Waals surface area contributed by atoms with Crippen LogP contribution in [0, 0.1) is 19.0 Å². The Morgan fingerprint density at radius 3 is 2.09 bits per heavy atom. The summed E-state index contributed by atoms with van der Waals surface area (Å²) in [6.07, 6.45) is 1.95. The van der Waals surface area contributed by atoms with Crippen molar-refractivity contribution in [2.24, 2.45) is 0 Å². The van der Waals surface area contributed by atoms with Crippen LogP contribution in [0.5, 0.6) is 0 Å². The van der Waals surface area contributed by atoms with Gasteiger partial charge < -0.3 is 8.98 Å². The molecular weight excluding hydrogens is 947 g/mol. The van der Waals surface area contributed by atoms with Gasteiger partial charge in [0.1, 0.15) is 5.58 Å². The Kier molecular flexibility index (Phi) is 10.9. The molecule has 4 nitrogen and oxygen atoms in total. The number of furan rings is 1. The number of aryl methyl sites for hydroxylation is 1. The Morgan fingerprint density at radius 2 is 1.43 bits per heavy atom. The van der Waals surface area contributed by atoms with Crippen molar-refractivity contribution in [3.05, 3.63) is 168 Å². The number of fused-ring (bicyclic) bond motifs is 4. The molecule has 9 rings (SSSR count). The van der Waals surface area contributed by atoms with E-state index in [0.717, 1.165) is 55.6 Å². The molecule has 0 aliphatic rings. The Morgan fingerprint density at radius 1 is 0.724 bits per heavy atom. The first-order valence-corrected chi connectivity index (χ1v) is 27.1. The number of hydrogen-bond donors (Lipinski definition) is 0. The Bertz CT molecular complexity index is 2860. The molecule has 9 aromatic rings. The van der Waals surface area contributed by atoms with Crippen LogP contribution in [0.1, 0.15) is 60.3 Å². The first-order chi connectivity index (χ1) is 28.7. The van der Waals surface area contributed by atoms with Crippen molar-refractivity contribution in [1.82, 2.24) is 14.5 Å². The van der Waals surface area contributed by atoms with Gasteiger partial charge in [-0.05, 0) is 64.4 Å². The number of benzene rings is 6. The molecule has 0 saturated heterocycles. The predicted molar refractivity (Wildman–Crippen MR) is 242 cm³/mol. The third-order valence-corrected chi connectivity index (χ3v) is 14.8. The predicted octanol–water partition coefficient (Wildman–Crippen LogP) is 13.7. The van der Waals surface area contributed by atoms with E-state index in [1.807, 2.05) is 30.5 Å². The fraction of sp³-hybridized carbons (Fsp3) is 0.192. The van der Waals surface area contributed by atoms with Crippen LogP contribution in [0.15, 0.2) is 144 Å². The smallest absolute Gasteiger partial charge is 0 e. The normalized spacial score (nSPS) is 12.6. The summed E-state index contributed by atoms with van der Waals surface area (Å²) in [5.41, 5.74) is 12.8. The van der Waals surface area contributed by atoms with Gasteiger partial charge in [0.05, 0.1) is 22.4 Å². The topological polar surface area (TPSA) is 43.9 Å². The Balaban J connectivity index is 0.000000226. The maximum absolute atomic E-state index is 7.35. The van der Waals surface area contributed by atoms with Gasteiger partial charge in [-0.1, -0.05) is 99.3 Å². The second kappa shape index (κ2) is 17.0. The van der Waals surface area contributed by atoms with Crippen LogP contribution in [0.2, 0.25) is 17.3 Å². The SMILES string of the molecule is CC(C)c1cc(-c2ccccc2)cc(C(C)C)c1-n1c(-c2[c-]ccc3c2oc2ccccc23)nc2ccccc21.[2H]C([2H])([2H])c1c[c-]c(-c2cc[c]([Ge]([CH3])([CH3])[CH3])cn2)cc1.[Ir]. The minimum atomic E-state index is -2.08.